The zero-order valence-electron chi connectivity index (χ0n) is 17.2. The Morgan fingerprint density at radius 2 is 1.83 bits per heavy atom. The SMILES string of the molecule is COC(=O)C12CN(Cc3ccccc3)CC1C(=NN)CCC2(C)c1ccccc1. The van der Waals surface area contributed by atoms with Crippen LogP contribution in [0.15, 0.2) is 65.8 Å². The van der Waals surface area contributed by atoms with E-state index in [0.29, 0.717) is 6.54 Å². The fourth-order valence-electron chi connectivity index (χ4n) is 5.60. The molecule has 1 aliphatic carbocycles. The summed E-state index contributed by atoms with van der Waals surface area (Å²) in [5.74, 6) is 5.59. The van der Waals surface area contributed by atoms with Gasteiger partial charge in [-0.15, -0.1) is 0 Å². The summed E-state index contributed by atoms with van der Waals surface area (Å²) in [7, 11) is 1.49. The number of methoxy groups -OCH3 is 1. The summed E-state index contributed by atoms with van der Waals surface area (Å²) < 4.78 is 5.44. The van der Waals surface area contributed by atoms with E-state index in [9.17, 15) is 4.79 Å². The number of nitrogens with zero attached hydrogens (tertiary/aromatic N) is 2. The van der Waals surface area contributed by atoms with Gasteiger partial charge in [-0.25, -0.2) is 0 Å². The van der Waals surface area contributed by atoms with Crippen molar-refractivity contribution in [3.8, 4) is 0 Å². The fraction of sp³-hybridized carbons (Fsp3) is 0.417. The van der Waals surface area contributed by atoms with Gasteiger partial charge in [-0.3, -0.25) is 9.69 Å². The van der Waals surface area contributed by atoms with Crippen molar-refractivity contribution < 1.29 is 9.53 Å². The highest BCUT2D eigenvalue weighted by atomic mass is 16.5. The first-order valence-electron chi connectivity index (χ1n) is 10.2. The minimum atomic E-state index is -0.714. The zero-order valence-corrected chi connectivity index (χ0v) is 17.2. The van der Waals surface area contributed by atoms with Gasteiger partial charge in [0.15, 0.2) is 0 Å². The van der Waals surface area contributed by atoms with Gasteiger partial charge in [-0.2, -0.15) is 5.10 Å². The van der Waals surface area contributed by atoms with Crippen LogP contribution in [0.25, 0.3) is 0 Å². The van der Waals surface area contributed by atoms with Crippen molar-refractivity contribution in [1.82, 2.24) is 4.90 Å². The summed E-state index contributed by atoms with van der Waals surface area (Å²) in [5.41, 5.74) is 2.27. The van der Waals surface area contributed by atoms with Crippen LogP contribution >= 0.6 is 0 Å². The van der Waals surface area contributed by atoms with E-state index in [1.807, 2.05) is 24.3 Å². The lowest BCUT2D eigenvalue weighted by atomic mass is 9.50. The second-order valence-electron chi connectivity index (χ2n) is 8.49. The maximum Gasteiger partial charge on any atom is 0.314 e. The van der Waals surface area contributed by atoms with Crippen LogP contribution in [0.4, 0.5) is 0 Å². The molecule has 3 atom stereocenters. The average Bonchev–Trinajstić information content (AvgIpc) is 3.16. The monoisotopic (exact) mass is 391 g/mol. The first kappa shape index (κ1) is 19.6. The number of esters is 1. The highest BCUT2D eigenvalue weighted by molar-refractivity contribution is 5.96. The molecular formula is C24H29N3O2. The molecular weight excluding hydrogens is 362 g/mol. The first-order chi connectivity index (χ1) is 14.0. The van der Waals surface area contributed by atoms with Crippen molar-refractivity contribution in [1.29, 1.82) is 0 Å². The van der Waals surface area contributed by atoms with E-state index >= 15 is 0 Å². The van der Waals surface area contributed by atoms with Gasteiger partial charge in [0.25, 0.3) is 0 Å². The molecule has 0 aromatic heterocycles. The van der Waals surface area contributed by atoms with Gasteiger partial charge >= 0.3 is 5.97 Å². The van der Waals surface area contributed by atoms with Crippen LogP contribution in [0.1, 0.15) is 30.9 Å². The minimum absolute atomic E-state index is 0.0531. The first-order valence-corrected chi connectivity index (χ1v) is 10.2. The number of likely N-dealkylation sites (tertiary alicyclic amines) is 1. The second kappa shape index (κ2) is 7.64. The highest BCUT2D eigenvalue weighted by Crippen LogP contribution is 2.58. The molecule has 1 aliphatic heterocycles. The Bertz CT molecular complexity index is 899. The lowest BCUT2D eigenvalue weighted by molar-refractivity contribution is -0.159. The molecule has 1 heterocycles. The molecule has 2 aromatic rings. The lowest BCUT2D eigenvalue weighted by Crippen LogP contribution is -2.59. The fourth-order valence-corrected chi connectivity index (χ4v) is 5.60. The van der Waals surface area contributed by atoms with E-state index in [-0.39, 0.29) is 17.3 Å². The van der Waals surface area contributed by atoms with Gasteiger partial charge in [-0.1, -0.05) is 67.6 Å². The highest BCUT2D eigenvalue weighted by Gasteiger charge is 2.66. The van der Waals surface area contributed by atoms with Crippen LogP contribution in [-0.2, 0) is 21.5 Å². The predicted molar refractivity (Wildman–Crippen MR) is 114 cm³/mol. The smallest absolute Gasteiger partial charge is 0.314 e. The zero-order chi connectivity index (χ0) is 20.5. The third-order valence-corrected chi connectivity index (χ3v) is 7.15. The van der Waals surface area contributed by atoms with Crippen LogP contribution in [0, 0.1) is 11.3 Å². The molecule has 2 aromatic carbocycles. The number of rotatable bonds is 4. The number of carbonyl (C=O) groups is 1. The summed E-state index contributed by atoms with van der Waals surface area (Å²) in [6.07, 6.45) is 1.61. The maximum absolute atomic E-state index is 13.5. The molecule has 2 fully saturated rings. The third-order valence-electron chi connectivity index (χ3n) is 7.15. The quantitative estimate of drug-likeness (QED) is 0.493. The predicted octanol–water partition coefficient (Wildman–Crippen LogP) is 3.34. The normalized spacial score (nSPS) is 30.8. The van der Waals surface area contributed by atoms with Gasteiger partial charge in [0.1, 0.15) is 0 Å². The number of hydrazone groups is 1. The topological polar surface area (TPSA) is 67.9 Å². The molecule has 0 spiro atoms. The number of nitrogens with two attached hydrogens (primary N) is 1. The van der Waals surface area contributed by atoms with Crippen LogP contribution in [0.3, 0.4) is 0 Å². The molecule has 2 aliphatic rings. The number of hydrogen-bond acceptors (Lipinski definition) is 5. The molecule has 152 valence electrons. The molecule has 0 bridgehead atoms. The Hall–Kier alpha value is -2.66. The molecule has 4 rings (SSSR count). The van der Waals surface area contributed by atoms with Gasteiger partial charge < -0.3 is 10.6 Å². The Balaban J connectivity index is 1.81. The third kappa shape index (κ3) is 3.04. The summed E-state index contributed by atoms with van der Waals surface area (Å²) in [4.78, 5) is 15.8. The Morgan fingerprint density at radius 1 is 1.17 bits per heavy atom. The van der Waals surface area contributed by atoms with Crippen LogP contribution in [0.5, 0.6) is 0 Å². The Morgan fingerprint density at radius 3 is 2.45 bits per heavy atom. The number of fused-ring (bicyclic) bond motifs is 1. The van der Waals surface area contributed by atoms with Crippen LogP contribution < -0.4 is 5.84 Å². The summed E-state index contributed by atoms with van der Waals surface area (Å²) >= 11 is 0. The van der Waals surface area contributed by atoms with E-state index in [1.54, 1.807) is 0 Å². The van der Waals surface area contributed by atoms with E-state index < -0.39 is 5.41 Å². The van der Waals surface area contributed by atoms with E-state index in [2.05, 4.69) is 53.3 Å². The Kier molecular flexibility index (Phi) is 5.17. The van der Waals surface area contributed by atoms with E-state index in [1.165, 1.54) is 18.2 Å². The molecule has 1 saturated carbocycles. The van der Waals surface area contributed by atoms with Crippen LogP contribution in [0.2, 0.25) is 0 Å². The number of carbonyl (C=O) groups excluding carboxylic acids is 1. The summed E-state index contributed by atoms with van der Waals surface area (Å²) in [6, 6.07) is 20.7. The molecule has 0 radical (unpaired) electrons. The van der Waals surface area contributed by atoms with E-state index in [0.717, 1.165) is 31.6 Å². The van der Waals surface area contributed by atoms with Gasteiger partial charge in [-0.05, 0) is 24.0 Å². The van der Waals surface area contributed by atoms with Gasteiger partial charge in [0, 0.05) is 36.7 Å². The van der Waals surface area contributed by atoms with Crippen LogP contribution in [-0.4, -0.2) is 36.8 Å². The molecule has 1 saturated heterocycles. The van der Waals surface area contributed by atoms with Crippen molar-refractivity contribution in [2.75, 3.05) is 20.2 Å². The van der Waals surface area contributed by atoms with Gasteiger partial charge in [0.05, 0.1) is 12.5 Å². The molecule has 5 heteroatoms. The van der Waals surface area contributed by atoms with Crippen molar-refractivity contribution in [3.05, 3.63) is 71.8 Å². The Labute approximate surface area is 172 Å². The van der Waals surface area contributed by atoms with Crippen molar-refractivity contribution >= 4 is 11.7 Å². The van der Waals surface area contributed by atoms with Crippen molar-refractivity contribution in [2.45, 2.75) is 31.7 Å². The van der Waals surface area contributed by atoms with E-state index in [4.69, 9.17) is 10.6 Å². The molecule has 5 nitrogen and oxygen atoms in total. The minimum Gasteiger partial charge on any atom is -0.469 e. The maximum atomic E-state index is 13.5. The van der Waals surface area contributed by atoms with Crippen molar-refractivity contribution in [2.24, 2.45) is 22.3 Å². The summed E-state index contributed by atoms with van der Waals surface area (Å²) in [6.45, 7) is 4.39. The largest absolute Gasteiger partial charge is 0.469 e. The molecule has 29 heavy (non-hydrogen) atoms. The summed E-state index contributed by atoms with van der Waals surface area (Å²) in [5, 5.41) is 4.13. The number of benzene rings is 2. The van der Waals surface area contributed by atoms with Crippen molar-refractivity contribution in [3.63, 3.8) is 0 Å². The number of ether oxygens (including phenoxy) is 1. The lowest BCUT2D eigenvalue weighted by Gasteiger charge is -2.51. The average molecular weight is 392 g/mol. The van der Waals surface area contributed by atoms with Gasteiger partial charge in [0.2, 0.25) is 0 Å². The molecule has 2 N–H and O–H groups in total. The molecule has 3 unspecified atom stereocenters. The molecule has 0 amide bonds. The second-order valence-corrected chi connectivity index (χ2v) is 8.49. The standard InChI is InChI=1S/C24H29N3O2/c1-23(19-11-7-4-8-12-19)14-13-21(26-25)20-16-27(15-18-9-5-3-6-10-18)17-24(20,23)22(28)29-2/h3-12,20H,13-17,25H2,1-2H3. The number of hydrogen-bond donors (Lipinski definition) is 1.